The summed E-state index contributed by atoms with van der Waals surface area (Å²) < 4.78 is 32.8. The number of hydrogen-bond donors (Lipinski definition) is 0. The van der Waals surface area contributed by atoms with Crippen LogP contribution in [0, 0.1) is 0 Å². The SMILES string of the molecule is COc1ccc(CN2CCN(C(=O)Cc3ccc(S(=O)(=O)N4CCCCC4)s3)CC2)cc1. The smallest absolute Gasteiger partial charge is 0.252 e. The van der Waals surface area contributed by atoms with E-state index in [0.717, 1.165) is 49.5 Å². The number of piperazine rings is 1. The molecule has 7 nitrogen and oxygen atoms in total. The van der Waals surface area contributed by atoms with Crippen LogP contribution in [0.4, 0.5) is 0 Å². The summed E-state index contributed by atoms with van der Waals surface area (Å²) in [6.45, 7) is 5.09. The maximum atomic E-state index is 12.8. The second kappa shape index (κ2) is 10.3. The van der Waals surface area contributed by atoms with Crippen molar-refractivity contribution in [2.24, 2.45) is 0 Å². The summed E-state index contributed by atoms with van der Waals surface area (Å²) in [5, 5.41) is 0. The number of thiophene rings is 1. The zero-order valence-corrected chi connectivity index (χ0v) is 20.2. The molecule has 32 heavy (non-hydrogen) atoms. The number of sulfonamides is 1. The maximum Gasteiger partial charge on any atom is 0.252 e. The monoisotopic (exact) mass is 477 g/mol. The van der Waals surface area contributed by atoms with Crippen LogP contribution in [-0.4, -0.2) is 74.8 Å². The summed E-state index contributed by atoms with van der Waals surface area (Å²) in [5.41, 5.74) is 1.23. The van der Waals surface area contributed by atoms with Crippen LogP contribution in [-0.2, 0) is 27.8 Å². The lowest BCUT2D eigenvalue weighted by Gasteiger charge is -2.34. The van der Waals surface area contributed by atoms with E-state index >= 15 is 0 Å². The van der Waals surface area contributed by atoms with Gasteiger partial charge in [0.15, 0.2) is 0 Å². The second-order valence-corrected chi connectivity index (χ2v) is 11.7. The van der Waals surface area contributed by atoms with Crippen LogP contribution in [0.2, 0.25) is 0 Å². The van der Waals surface area contributed by atoms with Crippen molar-refractivity contribution in [2.45, 2.75) is 36.4 Å². The molecular weight excluding hydrogens is 446 g/mol. The summed E-state index contributed by atoms with van der Waals surface area (Å²) in [6, 6.07) is 11.5. The van der Waals surface area contributed by atoms with Gasteiger partial charge in [0, 0.05) is 50.7 Å². The highest BCUT2D eigenvalue weighted by molar-refractivity contribution is 7.91. The molecule has 2 fully saturated rings. The fourth-order valence-electron chi connectivity index (χ4n) is 4.23. The minimum atomic E-state index is -3.43. The van der Waals surface area contributed by atoms with Crippen LogP contribution in [0.1, 0.15) is 29.7 Å². The van der Waals surface area contributed by atoms with E-state index in [-0.39, 0.29) is 12.3 Å². The number of amides is 1. The Morgan fingerprint density at radius 2 is 1.62 bits per heavy atom. The number of carbonyl (C=O) groups excluding carboxylic acids is 1. The molecule has 2 aromatic rings. The van der Waals surface area contributed by atoms with E-state index in [0.29, 0.717) is 30.4 Å². The average Bonchev–Trinajstić information content (AvgIpc) is 3.30. The third-order valence-electron chi connectivity index (χ3n) is 6.16. The Bertz CT molecular complexity index is 1010. The zero-order valence-electron chi connectivity index (χ0n) is 18.5. The van der Waals surface area contributed by atoms with Crippen LogP contribution < -0.4 is 4.74 Å². The van der Waals surface area contributed by atoms with Gasteiger partial charge >= 0.3 is 0 Å². The van der Waals surface area contributed by atoms with Crippen molar-refractivity contribution in [3.63, 3.8) is 0 Å². The Labute approximate surface area is 194 Å². The standard InChI is InChI=1S/C23H31N3O4S2/c1-30-20-7-5-19(6-8-20)18-24-13-15-25(16-14-24)22(27)17-21-9-10-23(31-21)32(28,29)26-11-3-2-4-12-26/h5-10H,2-4,11-18H2,1H3. The Morgan fingerprint density at radius 3 is 2.28 bits per heavy atom. The van der Waals surface area contributed by atoms with E-state index in [2.05, 4.69) is 17.0 Å². The molecule has 174 valence electrons. The summed E-state index contributed by atoms with van der Waals surface area (Å²) in [7, 11) is -1.77. The lowest BCUT2D eigenvalue weighted by Crippen LogP contribution is -2.48. The van der Waals surface area contributed by atoms with E-state index in [4.69, 9.17) is 4.74 Å². The Balaban J connectivity index is 1.28. The molecule has 2 aliphatic heterocycles. The molecule has 3 heterocycles. The first-order valence-electron chi connectivity index (χ1n) is 11.2. The fourth-order valence-corrected chi connectivity index (χ4v) is 7.25. The first-order valence-corrected chi connectivity index (χ1v) is 13.4. The molecule has 0 unspecified atom stereocenters. The van der Waals surface area contributed by atoms with E-state index < -0.39 is 10.0 Å². The predicted molar refractivity (Wildman–Crippen MR) is 125 cm³/mol. The molecule has 0 spiro atoms. The fraction of sp³-hybridized carbons (Fsp3) is 0.522. The summed E-state index contributed by atoms with van der Waals surface area (Å²) in [6.07, 6.45) is 3.18. The normalized spacial score (nSPS) is 18.6. The number of rotatable bonds is 7. The summed E-state index contributed by atoms with van der Waals surface area (Å²) in [5.74, 6) is 0.919. The molecule has 0 bridgehead atoms. The van der Waals surface area contributed by atoms with Crippen molar-refractivity contribution in [3.8, 4) is 5.75 Å². The van der Waals surface area contributed by atoms with Gasteiger partial charge in [0.2, 0.25) is 5.91 Å². The van der Waals surface area contributed by atoms with E-state index in [1.165, 1.54) is 16.9 Å². The number of methoxy groups -OCH3 is 1. The van der Waals surface area contributed by atoms with Gasteiger partial charge in [-0.15, -0.1) is 11.3 Å². The molecule has 0 aliphatic carbocycles. The highest BCUT2D eigenvalue weighted by Crippen LogP contribution is 2.27. The zero-order chi connectivity index (χ0) is 22.6. The van der Waals surface area contributed by atoms with Gasteiger partial charge in [-0.1, -0.05) is 18.6 Å². The largest absolute Gasteiger partial charge is 0.497 e. The maximum absolute atomic E-state index is 12.8. The van der Waals surface area contributed by atoms with E-state index in [9.17, 15) is 13.2 Å². The van der Waals surface area contributed by atoms with Crippen LogP contribution in [0.15, 0.2) is 40.6 Å². The van der Waals surface area contributed by atoms with Crippen molar-refractivity contribution in [1.82, 2.24) is 14.1 Å². The second-order valence-electron chi connectivity index (χ2n) is 8.37. The molecule has 1 aromatic carbocycles. The summed E-state index contributed by atoms with van der Waals surface area (Å²) >= 11 is 1.23. The van der Waals surface area contributed by atoms with E-state index in [1.807, 2.05) is 17.0 Å². The van der Waals surface area contributed by atoms with Gasteiger partial charge in [-0.05, 0) is 42.7 Å². The van der Waals surface area contributed by atoms with Gasteiger partial charge in [0.25, 0.3) is 10.0 Å². The Kier molecular flexibility index (Phi) is 7.50. The molecule has 1 amide bonds. The number of nitrogens with zero attached hydrogens (tertiary/aromatic N) is 3. The van der Waals surface area contributed by atoms with Gasteiger partial charge in [-0.2, -0.15) is 4.31 Å². The lowest BCUT2D eigenvalue weighted by molar-refractivity contribution is -0.132. The van der Waals surface area contributed by atoms with Crippen molar-refractivity contribution in [2.75, 3.05) is 46.4 Å². The lowest BCUT2D eigenvalue weighted by atomic mass is 10.2. The first kappa shape index (κ1) is 23.2. The van der Waals surface area contributed by atoms with Crippen molar-refractivity contribution in [1.29, 1.82) is 0 Å². The minimum absolute atomic E-state index is 0.0675. The average molecular weight is 478 g/mol. The van der Waals surface area contributed by atoms with Gasteiger partial charge in [0.05, 0.1) is 13.5 Å². The Hall–Kier alpha value is -1.94. The molecule has 0 saturated carbocycles. The highest BCUT2D eigenvalue weighted by atomic mass is 32.2. The predicted octanol–water partition coefficient (Wildman–Crippen LogP) is 2.82. The minimum Gasteiger partial charge on any atom is -0.497 e. The molecule has 1 aromatic heterocycles. The highest BCUT2D eigenvalue weighted by Gasteiger charge is 2.28. The number of carbonyl (C=O) groups is 1. The summed E-state index contributed by atoms with van der Waals surface area (Å²) in [4.78, 5) is 17.9. The van der Waals surface area contributed by atoms with Gasteiger partial charge in [-0.3, -0.25) is 9.69 Å². The van der Waals surface area contributed by atoms with Gasteiger partial charge < -0.3 is 9.64 Å². The molecular formula is C23H31N3O4S2. The Morgan fingerprint density at radius 1 is 0.938 bits per heavy atom. The molecule has 0 radical (unpaired) electrons. The molecule has 0 atom stereocenters. The van der Waals surface area contributed by atoms with Crippen molar-refractivity contribution in [3.05, 3.63) is 46.8 Å². The van der Waals surface area contributed by atoms with Crippen LogP contribution in [0.25, 0.3) is 0 Å². The number of ether oxygens (including phenoxy) is 1. The van der Waals surface area contributed by atoms with Crippen molar-refractivity contribution < 1.29 is 17.9 Å². The van der Waals surface area contributed by atoms with Gasteiger partial charge in [0.1, 0.15) is 9.96 Å². The number of benzene rings is 1. The van der Waals surface area contributed by atoms with Gasteiger partial charge in [-0.25, -0.2) is 8.42 Å². The van der Waals surface area contributed by atoms with Crippen molar-refractivity contribution >= 4 is 27.3 Å². The third-order valence-corrected chi connectivity index (χ3v) is 9.61. The third kappa shape index (κ3) is 5.51. The molecule has 0 N–H and O–H groups in total. The molecule has 2 aliphatic rings. The number of hydrogen-bond acceptors (Lipinski definition) is 6. The van der Waals surface area contributed by atoms with E-state index in [1.54, 1.807) is 23.5 Å². The molecule has 2 saturated heterocycles. The van der Waals surface area contributed by atoms with Crippen LogP contribution in [0.5, 0.6) is 5.75 Å². The molecule has 9 heteroatoms. The number of piperidine rings is 1. The topological polar surface area (TPSA) is 70.2 Å². The quantitative estimate of drug-likeness (QED) is 0.613. The van der Waals surface area contributed by atoms with Crippen LogP contribution >= 0.6 is 11.3 Å². The molecule has 4 rings (SSSR count). The first-order chi connectivity index (χ1) is 15.5. The van der Waals surface area contributed by atoms with Crippen LogP contribution in [0.3, 0.4) is 0 Å².